The third-order valence-corrected chi connectivity index (χ3v) is 2.08. The van der Waals surface area contributed by atoms with Gasteiger partial charge in [0.2, 0.25) is 5.91 Å². The molecule has 0 spiro atoms. The Balaban J connectivity index is 2.61. The first-order valence-electron chi connectivity index (χ1n) is 5.26. The highest BCUT2D eigenvalue weighted by atomic mass is 19.2. The average Bonchev–Trinajstić information content (AvgIpc) is 2.33. The van der Waals surface area contributed by atoms with E-state index in [9.17, 15) is 27.6 Å². The summed E-state index contributed by atoms with van der Waals surface area (Å²) >= 11 is 0. The molecule has 0 aliphatic carbocycles. The Morgan fingerprint density at radius 3 is 2.20 bits per heavy atom. The van der Waals surface area contributed by atoms with Crippen LogP contribution in [0.25, 0.3) is 0 Å². The fraction of sp³-hybridized carbons (Fsp3) is 0.182. The third-order valence-electron chi connectivity index (χ3n) is 2.08. The predicted molar refractivity (Wildman–Crippen MR) is 60.3 cm³/mol. The van der Waals surface area contributed by atoms with Gasteiger partial charge in [-0.25, -0.2) is 18.0 Å². The number of anilines is 1. The second kappa shape index (κ2) is 6.55. The summed E-state index contributed by atoms with van der Waals surface area (Å²) in [5, 5.41) is 11.8. The molecule has 1 rings (SSSR count). The molecule has 3 amide bonds. The highest BCUT2D eigenvalue weighted by Crippen LogP contribution is 2.18. The molecule has 3 N–H and O–H groups in total. The van der Waals surface area contributed by atoms with E-state index in [2.05, 4.69) is 0 Å². The standard InChI is InChI=1S/C11H9F3N2O4/c12-5-3-7(14)8(4-6(5)13)15-11(20)16-9(17)1-2-10(18)19/h3-4H,1-2H2,(H,18,19)(H2,15,16,17,20). The van der Waals surface area contributed by atoms with Gasteiger partial charge in [0.25, 0.3) is 0 Å². The number of hydrogen-bond donors (Lipinski definition) is 3. The molecule has 20 heavy (non-hydrogen) atoms. The first kappa shape index (κ1) is 15.5. The van der Waals surface area contributed by atoms with Crippen molar-refractivity contribution in [3.05, 3.63) is 29.6 Å². The van der Waals surface area contributed by atoms with Gasteiger partial charge < -0.3 is 10.4 Å². The van der Waals surface area contributed by atoms with Gasteiger partial charge in [-0.1, -0.05) is 0 Å². The fourth-order valence-corrected chi connectivity index (χ4v) is 1.18. The second-order valence-corrected chi connectivity index (χ2v) is 3.64. The van der Waals surface area contributed by atoms with Crippen LogP contribution in [-0.4, -0.2) is 23.0 Å². The molecule has 0 saturated heterocycles. The first-order valence-corrected chi connectivity index (χ1v) is 5.26. The predicted octanol–water partition coefficient (Wildman–Crippen LogP) is 1.62. The molecule has 0 saturated carbocycles. The number of hydrogen-bond acceptors (Lipinski definition) is 3. The summed E-state index contributed by atoms with van der Waals surface area (Å²) in [6.45, 7) is 0. The number of amides is 3. The lowest BCUT2D eigenvalue weighted by molar-refractivity contribution is -0.138. The lowest BCUT2D eigenvalue weighted by atomic mass is 10.3. The van der Waals surface area contributed by atoms with E-state index >= 15 is 0 Å². The van der Waals surface area contributed by atoms with Gasteiger partial charge in [-0.3, -0.25) is 14.9 Å². The number of aliphatic carboxylic acids is 1. The zero-order valence-corrected chi connectivity index (χ0v) is 9.87. The van der Waals surface area contributed by atoms with Crippen LogP contribution in [0.4, 0.5) is 23.7 Å². The Morgan fingerprint density at radius 2 is 1.60 bits per heavy atom. The first-order chi connectivity index (χ1) is 9.29. The van der Waals surface area contributed by atoms with Crippen LogP contribution < -0.4 is 10.6 Å². The molecule has 0 radical (unpaired) electrons. The zero-order chi connectivity index (χ0) is 15.3. The Bertz CT molecular complexity index is 563. The van der Waals surface area contributed by atoms with Crippen molar-refractivity contribution in [3.8, 4) is 0 Å². The molecule has 6 nitrogen and oxygen atoms in total. The summed E-state index contributed by atoms with van der Waals surface area (Å²) < 4.78 is 38.6. The molecule has 108 valence electrons. The minimum absolute atomic E-state index is 0.233. The number of urea groups is 1. The highest BCUT2D eigenvalue weighted by Gasteiger charge is 2.14. The topological polar surface area (TPSA) is 95.5 Å². The monoisotopic (exact) mass is 290 g/mol. The maximum atomic E-state index is 13.2. The lowest BCUT2D eigenvalue weighted by Gasteiger charge is -2.07. The molecule has 0 aromatic heterocycles. The highest BCUT2D eigenvalue weighted by molar-refractivity contribution is 6.01. The van der Waals surface area contributed by atoms with E-state index in [-0.39, 0.29) is 6.07 Å². The molecule has 0 fully saturated rings. The molecule has 0 aliphatic rings. The summed E-state index contributed by atoms with van der Waals surface area (Å²) in [6.07, 6.45) is -0.943. The van der Waals surface area contributed by atoms with E-state index in [4.69, 9.17) is 5.11 Å². The minimum Gasteiger partial charge on any atom is -0.481 e. The van der Waals surface area contributed by atoms with E-state index in [0.29, 0.717) is 6.07 Å². The molecule has 0 unspecified atom stereocenters. The van der Waals surface area contributed by atoms with Gasteiger partial charge in [0.1, 0.15) is 5.82 Å². The maximum absolute atomic E-state index is 13.2. The van der Waals surface area contributed by atoms with Crippen LogP contribution in [0.2, 0.25) is 0 Å². The van der Waals surface area contributed by atoms with Crippen molar-refractivity contribution in [2.45, 2.75) is 12.8 Å². The number of carbonyl (C=O) groups excluding carboxylic acids is 2. The summed E-state index contributed by atoms with van der Waals surface area (Å²) in [5.74, 6) is -6.16. The lowest BCUT2D eigenvalue weighted by Crippen LogP contribution is -2.34. The van der Waals surface area contributed by atoms with Crippen molar-refractivity contribution in [2.75, 3.05) is 5.32 Å². The van der Waals surface area contributed by atoms with Crippen LogP contribution in [-0.2, 0) is 9.59 Å². The van der Waals surface area contributed by atoms with Gasteiger partial charge in [0.05, 0.1) is 12.1 Å². The smallest absolute Gasteiger partial charge is 0.325 e. The SMILES string of the molecule is O=C(O)CCC(=O)NC(=O)Nc1cc(F)c(F)cc1F. The summed E-state index contributed by atoms with van der Waals surface area (Å²) in [5.41, 5.74) is -0.660. The Kier molecular flexibility index (Phi) is 5.07. The van der Waals surface area contributed by atoms with E-state index in [1.807, 2.05) is 0 Å². The van der Waals surface area contributed by atoms with Gasteiger partial charge in [-0.2, -0.15) is 0 Å². The maximum Gasteiger partial charge on any atom is 0.325 e. The quantitative estimate of drug-likeness (QED) is 0.734. The van der Waals surface area contributed by atoms with Crippen molar-refractivity contribution in [1.29, 1.82) is 0 Å². The van der Waals surface area contributed by atoms with Gasteiger partial charge in [-0.05, 0) is 0 Å². The number of imide groups is 1. The number of carbonyl (C=O) groups is 3. The van der Waals surface area contributed by atoms with Crippen LogP contribution in [0, 0.1) is 17.5 Å². The van der Waals surface area contributed by atoms with E-state index in [1.54, 1.807) is 10.6 Å². The van der Waals surface area contributed by atoms with Crippen LogP contribution in [0.1, 0.15) is 12.8 Å². The van der Waals surface area contributed by atoms with Crippen molar-refractivity contribution in [3.63, 3.8) is 0 Å². The fourth-order valence-electron chi connectivity index (χ4n) is 1.18. The molecule has 0 aliphatic heterocycles. The van der Waals surface area contributed by atoms with Crippen LogP contribution in [0.3, 0.4) is 0 Å². The Labute approximate surface area is 110 Å². The van der Waals surface area contributed by atoms with Gasteiger partial charge in [0.15, 0.2) is 11.6 Å². The zero-order valence-electron chi connectivity index (χ0n) is 9.87. The van der Waals surface area contributed by atoms with E-state index < -0.39 is 53.9 Å². The minimum atomic E-state index is -1.43. The molecule has 9 heteroatoms. The number of carboxylic acids is 1. The van der Waals surface area contributed by atoms with Gasteiger partial charge >= 0.3 is 12.0 Å². The summed E-state index contributed by atoms with van der Waals surface area (Å²) in [7, 11) is 0. The molecule has 0 atom stereocenters. The van der Waals surface area contributed by atoms with Crippen molar-refractivity contribution in [2.24, 2.45) is 0 Å². The number of benzene rings is 1. The van der Waals surface area contributed by atoms with Crippen molar-refractivity contribution in [1.82, 2.24) is 5.32 Å². The second-order valence-electron chi connectivity index (χ2n) is 3.64. The molecular weight excluding hydrogens is 281 g/mol. The third kappa shape index (κ3) is 4.59. The number of nitrogens with one attached hydrogen (secondary N) is 2. The average molecular weight is 290 g/mol. The van der Waals surface area contributed by atoms with Crippen LogP contribution in [0.15, 0.2) is 12.1 Å². The Hall–Kier alpha value is -2.58. The molecule has 1 aromatic carbocycles. The molecule has 0 bridgehead atoms. The Morgan fingerprint density at radius 1 is 1.00 bits per heavy atom. The van der Waals surface area contributed by atoms with E-state index in [1.165, 1.54) is 0 Å². The number of rotatable bonds is 4. The summed E-state index contributed by atoms with van der Waals surface area (Å²) in [4.78, 5) is 32.5. The molecular formula is C11H9F3N2O4. The molecule has 1 aromatic rings. The number of halogens is 3. The van der Waals surface area contributed by atoms with Gasteiger partial charge in [0, 0.05) is 18.6 Å². The van der Waals surface area contributed by atoms with E-state index in [0.717, 1.165) is 0 Å². The molecule has 0 heterocycles. The van der Waals surface area contributed by atoms with Crippen molar-refractivity contribution >= 4 is 23.6 Å². The summed E-state index contributed by atoms with van der Waals surface area (Å²) in [6, 6.07) is -0.548. The van der Waals surface area contributed by atoms with Crippen LogP contribution in [0.5, 0.6) is 0 Å². The largest absolute Gasteiger partial charge is 0.481 e. The normalized spacial score (nSPS) is 9.95. The van der Waals surface area contributed by atoms with Crippen molar-refractivity contribution < 1.29 is 32.7 Å². The number of carboxylic acid groups (broad SMARTS) is 1. The van der Waals surface area contributed by atoms with Crippen LogP contribution >= 0.6 is 0 Å². The van der Waals surface area contributed by atoms with Gasteiger partial charge in [-0.15, -0.1) is 0 Å².